The maximum absolute atomic E-state index is 11.3. The van der Waals surface area contributed by atoms with Crippen molar-refractivity contribution in [1.29, 1.82) is 0 Å². The Labute approximate surface area is 236 Å². The molecule has 0 spiro atoms. The number of fused-ring (bicyclic) bond motifs is 1. The Bertz CT molecular complexity index is 1130. The van der Waals surface area contributed by atoms with Gasteiger partial charge in [0.15, 0.2) is 0 Å². The third-order valence-electron chi connectivity index (χ3n) is 11.0. The first-order chi connectivity index (χ1) is 18.5. The molecule has 0 bridgehead atoms. The second kappa shape index (κ2) is 11.1. The average Bonchev–Trinajstić information content (AvgIpc) is 3.64. The van der Waals surface area contributed by atoms with Gasteiger partial charge in [-0.2, -0.15) is 0 Å². The van der Waals surface area contributed by atoms with Crippen molar-refractivity contribution < 1.29 is 15.3 Å². The third kappa shape index (κ3) is 5.52. The zero-order valence-electron chi connectivity index (χ0n) is 24.6. The van der Waals surface area contributed by atoms with Crippen LogP contribution in [0.25, 0.3) is 0 Å². The third-order valence-corrected chi connectivity index (χ3v) is 11.0. The first-order valence-corrected chi connectivity index (χ1v) is 15.5. The topological polar surface area (TPSA) is 60.7 Å². The molecule has 7 atom stereocenters. The molecule has 1 aromatic rings. The molecule has 4 aliphatic rings. The van der Waals surface area contributed by atoms with Gasteiger partial charge in [0.05, 0.1) is 18.3 Å². The molecule has 39 heavy (non-hydrogen) atoms. The van der Waals surface area contributed by atoms with Crippen LogP contribution in [0.4, 0.5) is 0 Å². The molecule has 0 amide bonds. The maximum atomic E-state index is 11.3. The molecule has 0 heterocycles. The molecule has 3 N–H and O–H groups in total. The minimum Gasteiger partial charge on any atom is -0.393 e. The van der Waals surface area contributed by atoms with Crippen molar-refractivity contribution in [2.24, 2.45) is 23.2 Å². The van der Waals surface area contributed by atoms with E-state index >= 15 is 0 Å². The largest absolute Gasteiger partial charge is 0.393 e. The number of aliphatic hydroxyl groups excluding tert-OH is 3. The highest BCUT2D eigenvalue weighted by atomic mass is 16.3. The van der Waals surface area contributed by atoms with Crippen LogP contribution in [0.3, 0.4) is 0 Å². The average molecular weight is 531 g/mol. The van der Waals surface area contributed by atoms with E-state index in [-0.39, 0.29) is 10.8 Å². The molecule has 3 nitrogen and oxygen atoms in total. The van der Waals surface area contributed by atoms with Crippen molar-refractivity contribution >= 4 is 0 Å². The van der Waals surface area contributed by atoms with Crippen LogP contribution in [-0.2, 0) is 5.41 Å². The van der Waals surface area contributed by atoms with E-state index in [1.807, 2.05) is 0 Å². The van der Waals surface area contributed by atoms with Crippen LogP contribution in [0.1, 0.15) is 103 Å². The van der Waals surface area contributed by atoms with Crippen LogP contribution in [0.5, 0.6) is 0 Å². The molecule has 212 valence electrons. The number of hydrogen-bond donors (Lipinski definition) is 3. The summed E-state index contributed by atoms with van der Waals surface area (Å²) in [5.41, 5.74) is 6.08. The standard InChI is InChI=1S/C36H50O3/c1-23(2)26-11-13-29(14-12-26)36(19-20-36)34(39)17-8-24(3)31-15-16-32-27(7-6-18-35(31,32)5)9-10-28-21-30(37)22-33(38)25(28)4/h8-14,17,23-24,30-34,37-39H,4,6-7,15-16,18-22H2,1-3,5H3/t24-,30-,31-,32+,33+,34-,35-/m1/s1. The van der Waals surface area contributed by atoms with Gasteiger partial charge in [0.2, 0.25) is 0 Å². The van der Waals surface area contributed by atoms with Gasteiger partial charge in [0.25, 0.3) is 0 Å². The van der Waals surface area contributed by atoms with E-state index in [2.05, 4.69) is 82.8 Å². The Balaban J connectivity index is 1.27. The van der Waals surface area contributed by atoms with Crippen LogP contribution in [0, 0.1) is 23.2 Å². The van der Waals surface area contributed by atoms with E-state index in [0.29, 0.717) is 36.5 Å². The van der Waals surface area contributed by atoms with Crippen molar-refractivity contribution in [1.82, 2.24) is 0 Å². The minimum atomic E-state index is -0.636. The van der Waals surface area contributed by atoms with Crippen LogP contribution >= 0.6 is 0 Å². The summed E-state index contributed by atoms with van der Waals surface area (Å²) in [4.78, 5) is 0. The second-order valence-electron chi connectivity index (χ2n) is 13.8. The monoisotopic (exact) mass is 530 g/mol. The van der Waals surface area contributed by atoms with Crippen molar-refractivity contribution in [3.05, 3.63) is 83.0 Å². The molecule has 0 aromatic heterocycles. The quantitative estimate of drug-likeness (QED) is 0.319. The molecule has 0 unspecified atom stereocenters. The molecule has 1 aromatic carbocycles. The molecule has 0 radical (unpaired) electrons. The highest BCUT2D eigenvalue weighted by molar-refractivity contribution is 5.39. The van der Waals surface area contributed by atoms with Crippen LogP contribution in [-0.4, -0.2) is 33.6 Å². The van der Waals surface area contributed by atoms with E-state index in [1.54, 1.807) is 0 Å². The van der Waals surface area contributed by atoms with Gasteiger partial charge in [-0.05, 0) is 103 Å². The number of benzene rings is 1. The smallest absolute Gasteiger partial charge is 0.0817 e. The summed E-state index contributed by atoms with van der Waals surface area (Å²) >= 11 is 0. The molecular formula is C36H50O3. The normalized spacial score (nSPS) is 36.1. The lowest BCUT2D eigenvalue weighted by atomic mass is 9.61. The lowest BCUT2D eigenvalue weighted by Crippen LogP contribution is -2.35. The SMILES string of the molecule is C=C1C(=CC=C2CCC[C@]3(C)[C@@H]([C@H](C)C=C[C@@H](O)C4(c5ccc(C(C)C)cc5)CC4)CC[C@@H]23)C[C@@H](O)C[C@@H]1O. The van der Waals surface area contributed by atoms with E-state index in [0.717, 1.165) is 30.4 Å². The Kier molecular flexibility index (Phi) is 8.17. The lowest BCUT2D eigenvalue weighted by Gasteiger charge is -2.44. The zero-order chi connectivity index (χ0) is 27.9. The summed E-state index contributed by atoms with van der Waals surface area (Å²) in [7, 11) is 0. The van der Waals surface area contributed by atoms with Crippen LogP contribution in [0.2, 0.25) is 0 Å². The fourth-order valence-electron chi connectivity index (χ4n) is 8.30. The first kappa shape index (κ1) is 28.6. The van der Waals surface area contributed by atoms with Gasteiger partial charge < -0.3 is 15.3 Å². The van der Waals surface area contributed by atoms with Gasteiger partial charge >= 0.3 is 0 Å². The summed E-state index contributed by atoms with van der Waals surface area (Å²) in [5, 5.41) is 31.7. The fraction of sp³-hybridized carbons (Fsp3) is 0.611. The fourth-order valence-corrected chi connectivity index (χ4v) is 8.30. The minimum absolute atomic E-state index is 0.105. The van der Waals surface area contributed by atoms with Gasteiger partial charge in [-0.1, -0.05) is 88.4 Å². The van der Waals surface area contributed by atoms with E-state index < -0.39 is 18.3 Å². The molecule has 0 saturated heterocycles. The highest BCUT2D eigenvalue weighted by Crippen LogP contribution is 2.60. The van der Waals surface area contributed by atoms with E-state index in [9.17, 15) is 15.3 Å². The summed E-state index contributed by atoms with van der Waals surface area (Å²) in [5.74, 6) is 2.14. The van der Waals surface area contributed by atoms with Gasteiger partial charge in [-0.25, -0.2) is 0 Å². The Morgan fingerprint density at radius 3 is 2.36 bits per heavy atom. The van der Waals surface area contributed by atoms with Gasteiger partial charge in [0, 0.05) is 11.8 Å². The van der Waals surface area contributed by atoms with Crippen molar-refractivity contribution in [3.8, 4) is 0 Å². The molecule has 3 heteroatoms. The summed E-state index contributed by atoms with van der Waals surface area (Å²) < 4.78 is 0. The summed E-state index contributed by atoms with van der Waals surface area (Å²) in [6, 6.07) is 8.94. The van der Waals surface area contributed by atoms with E-state index in [1.165, 1.54) is 42.4 Å². The Morgan fingerprint density at radius 2 is 1.69 bits per heavy atom. The molecular weight excluding hydrogens is 480 g/mol. The Hall–Kier alpha value is -1.94. The van der Waals surface area contributed by atoms with Gasteiger partial charge in [-0.15, -0.1) is 0 Å². The molecule has 0 aliphatic heterocycles. The Morgan fingerprint density at radius 1 is 0.974 bits per heavy atom. The number of aliphatic hydroxyl groups is 3. The molecule has 4 aliphatic carbocycles. The van der Waals surface area contributed by atoms with Crippen molar-refractivity contribution in [2.45, 2.75) is 115 Å². The van der Waals surface area contributed by atoms with Gasteiger partial charge in [-0.3, -0.25) is 0 Å². The van der Waals surface area contributed by atoms with Crippen molar-refractivity contribution in [2.75, 3.05) is 0 Å². The predicted octanol–water partition coefficient (Wildman–Crippen LogP) is 7.54. The maximum Gasteiger partial charge on any atom is 0.0817 e. The molecule has 5 rings (SSSR count). The number of allylic oxidation sites excluding steroid dienone is 4. The molecule has 4 fully saturated rings. The number of rotatable bonds is 7. The molecule has 4 saturated carbocycles. The predicted molar refractivity (Wildman–Crippen MR) is 160 cm³/mol. The van der Waals surface area contributed by atoms with Crippen molar-refractivity contribution in [3.63, 3.8) is 0 Å². The summed E-state index contributed by atoms with van der Waals surface area (Å²) in [6.45, 7) is 13.4. The lowest BCUT2D eigenvalue weighted by molar-refractivity contribution is 0.0862. The van der Waals surface area contributed by atoms with Gasteiger partial charge in [0.1, 0.15) is 0 Å². The highest BCUT2D eigenvalue weighted by Gasteiger charge is 2.51. The van der Waals surface area contributed by atoms with Crippen LogP contribution < -0.4 is 0 Å². The number of hydrogen-bond acceptors (Lipinski definition) is 3. The van der Waals surface area contributed by atoms with Crippen LogP contribution in [0.15, 0.2) is 71.9 Å². The summed E-state index contributed by atoms with van der Waals surface area (Å²) in [6.07, 6.45) is 16.4. The zero-order valence-corrected chi connectivity index (χ0v) is 24.6. The second-order valence-corrected chi connectivity index (χ2v) is 13.8. The van der Waals surface area contributed by atoms with E-state index in [4.69, 9.17) is 0 Å². The first-order valence-electron chi connectivity index (χ1n) is 15.5.